The number of nitrogens with zero attached hydrogens (tertiary/aromatic N) is 2. The van der Waals surface area contributed by atoms with Crippen LogP contribution >= 0.6 is 22.7 Å². The zero-order valence-corrected chi connectivity index (χ0v) is 30.7. The van der Waals surface area contributed by atoms with Crippen LogP contribution < -0.4 is 0 Å². The molecular weight excluding hydrogens is 693 g/mol. The fourth-order valence-corrected chi connectivity index (χ4v) is 10.8. The molecule has 12 rings (SSSR count). The van der Waals surface area contributed by atoms with E-state index in [0.717, 1.165) is 0 Å². The van der Waals surface area contributed by atoms with Crippen molar-refractivity contribution in [1.29, 1.82) is 0 Å². The monoisotopic (exact) mass is 722 g/mol. The molecule has 0 atom stereocenters. The van der Waals surface area contributed by atoms with E-state index in [1.54, 1.807) is 0 Å². The Bertz CT molecular complexity index is 3020. The molecule has 0 amide bonds. The van der Waals surface area contributed by atoms with Gasteiger partial charge in [-0.15, -0.1) is 22.7 Å². The lowest BCUT2D eigenvalue weighted by Crippen LogP contribution is -1.93. The molecule has 12 aromatic rings. The number of hydrogen-bond donors (Lipinski definition) is 0. The minimum absolute atomic E-state index is 1.18. The number of thiophene rings is 2. The van der Waals surface area contributed by atoms with Crippen LogP contribution in [-0.2, 0) is 0 Å². The summed E-state index contributed by atoms with van der Waals surface area (Å²) in [6.07, 6.45) is 0. The van der Waals surface area contributed by atoms with Crippen molar-refractivity contribution in [3.05, 3.63) is 182 Å². The second-order valence-electron chi connectivity index (χ2n) is 14.2. The normalized spacial score (nSPS) is 12.1. The SMILES string of the molecule is c1ccc2c(c1)c1ccccc1n2-c1ccc(-c2cc3cc4cc5cc(-c6ccc(-n7c8ccccc8c8ccccc87)cc6)sc5cc4cc3s2)cc1. The van der Waals surface area contributed by atoms with Crippen molar-refractivity contribution in [3.8, 4) is 32.3 Å². The number of para-hydroxylation sites is 4. The van der Waals surface area contributed by atoms with Crippen LogP contribution in [0.15, 0.2) is 182 Å². The molecule has 0 saturated heterocycles. The van der Waals surface area contributed by atoms with Crippen LogP contribution in [0.3, 0.4) is 0 Å². The average Bonchev–Trinajstić information content (AvgIpc) is 4.00. The van der Waals surface area contributed by atoms with Crippen LogP contribution in [0.4, 0.5) is 0 Å². The third kappa shape index (κ3) is 4.51. The highest BCUT2D eigenvalue weighted by atomic mass is 32.1. The molecule has 0 radical (unpaired) electrons. The Morgan fingerprint density at radius 1 is 0.296 bits per heavy atom. The molecule has 0 saturated carbocycles. The van der Waals surface area contributed by atoms with Crippen LogP contribution in [0, 0.1) is 0 Å². The van der Waals surface area contributed by atoms with E-state index in [4.69, 9.17) is 0 Å². The van der Waals surface area contributed by atoms with Crippen LogP contribution in [0.5, 0.6) is 0 Å². The van der Waals surface area contributed by atoms with Gasteiger partial charge in [0.25, 0.3) is 0 Å². The summed E-state index contributed by atoms with van der Waals surface area (Å²) in [7, 11) is 0. The molecule has 0 spiro atoms. The summed E-state index contributed by atoms with van der Waals surface area (Å²) in [4.78, 5) is 2.59. The highest BCUT2D eigenvalue weighted by Gasteiger charge is 2.15. The number of benzene rings is 8. The summed E-state index contributed by atoms with van der Waals surface area (Å²) in [5.41, 5.74) is 9.81. The van der Waals surface area contributed by atoms with Gasteiger partial charge in [-0.05, 0) is 118 Å². The molecule has 4 aromatic heterocycles. The molecule has 4 heteroatoms. The van der Waals surface area contributed by atoms with E-state index in [-0.39, 0.29) is 0 Å². The van der Waals surface area contributed by atoms with Crippen molar-refractivity contribution in [2.75, 3.05) is 0 Å². The molecule has 0 fully saturated rings. The van der Waals surface area contributed by atoms with Gasteiger partial charge in [-0.25, -0.2) is 0 Å². The fraction of sp³-hybridized carbons (Fsp3) is 0. The van der Waals surface area contributed by atoms with Gasteiger partial charge in [-0.2, -0.15) is 0 Å². The number of rotatable bonds is 4. The first-order valence-corrected chi connectivity index (χ1v) is 20.0. The first-order valence-electron chi connectivity index (χ1n) is 18.3. The van der Waals surface area contributed by atoms with E-state index < -0.39 is 0 Å². The topological polar surface area (TPSA) is 9.86 Å². The zero-order chi connectivity index (χ0) is 35.3. The Balaban J connectivity index is 0.870. The summed E-state index contributed by atoms with van der Waals surface area (Å²) < 4.78 is 7.40. The van der Waals surface area contributed by atoms with Gasteiger partial charge in [0, 0.05) is 52.1 Å². The third-order valence-electron chi connectivity index (χ3n) is 11.1. The Morgan fingerprint density at radius 2 is 0.630 bits per heavy atom. The Kier molecular flexibility index (Phi) is 6.41. The minimum atomic E-state index is 1.18. The predicted octanol–water partition coefficient (Wildman–Crippen LogP) is 14.8. The summed E-state index contributed by atoms with van der Waals surface area (Å²) in [6, 6.07) is 67.1. The smallest absolute Gasteiger partial charge is 0.0541 e. The second-order valence-corrected chi connectivity index (χ2v) is 16.3. The standard InChI is InChI=1S/C50H30N2S2/c1-5-13-43-39(9-1)40-10-2-6-14-44(40)51(43)37-21-17-31(18-22-37)47-29-35-25-33-26-36-30-48(54-50(36)28-34(33)27-49(35)53-47)32-19-23-38(24-20-32)52-45-15-7-3-11-41(45)42-12-4-8-16-46(42)52/h1-30H. The maximum atomic E-state index is 2.38. The van der Waals surface area contributed by atoms with Gasteiger partial charge in [-0.3, -0.25) is 0 Å². The summed E-state index contributed by atoms with van der Waals surface area (Å²) in [6.45, 7) is 0. The van der Waals surface area contributed by atoms with E-state index in [1.807, 2.05) is 22.7 Å². The zero-order valence-electron chi connectivity index (χ0n) is 29.0. The van der Waals surface area contributed by atoms with Crippen molar-refractivity contribution in [2.45, 2.75) is 0 Å². The highest BCUT2D eigenvalue weighted by Crippen LogP contribution is 2.41. The maximum absolute atomic E-state index is 2.38. The van der Waals surface area contributed by atoms with Crippen molar-refractivity contribution in [1.82, 2.24) is 9.13 Å². The van der Waals surface area contributed by atoms with Gasteiger partial charge >= 0.3 is 0 Å². The van der Waals surface area contributed by atoms with Gasteiger partial charge in [0.15, 0.2) is 0 Å². The fourth-order valence-electron chi connectivity index (χ4n) is 8.56. The van der Waals surface area contributed by atoms with Gasteiger partial charge in [0.05, 0.1) is 22.1 Å². The van der Waals surface area contributed by atoms with Crippen LogP contribution in [-0.4, -0.2) is 9.13 Å². The first kappa shape index (κ1) is 30.0. The van der Waals surface area contributed by atoms with Gasteiger partial charge in [0.1, 0.15) is 0 Å². The van der Waals surface area contributed by atoms with E-state index in [1.165, 1.54) is 107 Å². The average molecular weight is 723 g/mol. The summed E-state index contributed by atoms with van der Waals surface area (Å²) >= 11 is 3.75. The molecule has 0 N–H and O–H groups in total. The molecule has 4 heterocycles. The Hall–Kier alpha value is -6.46. The summed E-state index contributed by atoms with van der Waals surface area (Å²) in [5, 5.41) is 10.3. The molecule has 252 valence electrons. The third-order valence-corrected chi connectivity index (χ3v) is 13.4. The van der Waals surface area contributed by atoms with Gasteiger partial charge in [0.2, 0.25) is 0 Å². The molecule has 0 unspecified atom stereocenters. The van der Waals surface area contributed by atoms with Crippen molar-refractivity contribution in [3.63, 3.8) is 0 Å². The van der Waals surface area contributed by atoms with Crippen LogP contribution in [0.1, 0.15) is 0 Å². The van der Waals surface area contributed by atoms with Crippen LogP contribution in [0.2, 0.25) is 0 Å². The Labute approximate surface area is 319 Å². The second kappa shape index (κ2) is 11.5. The lowest BCUT2D eigenvalue weighted by atomic mass is 10.1. The van der Waals surface area contributed by atoms with Crippen molar-refractivity contribution >= 4 is 97.2 Å². The van der Waals surface area contributed by atoms with E-state index in [9.17, 15) is 0 Å². The number of fused-ring (bicyclic) bond motifs is 9. The van der Waals surface area contributed by atoms with Gasteiger partial charge in [-0.1, -0.05) is 97.1 Å². The largest absolute Gasteiger partial charge is 0.309 e. The first-order chi connectivity index (χ1) is 26.7. The van der Waals surface area contributed by atoms with E-state index in [2.05, 4.69) is 191 Å². The lowest BCUT2D eigenvalue weighted by molar-refractivity contribution is 1.18. The predicted molar refractivity (Wildman–Crippen MR) is 234 cm³/mol. The number of aromatic nitrogens is 2. The lowest BCUT2D eigenvalue weighted by Gasteiger charge is -2.08. The summed E-state index contributed by atoms with van der Waals surface area (Å²) in [5.74, 6) is 0. The van der Waals surface area contributed by atoms with Crippen molar-refractivity contribution < 1.29 is 0 Å². The van der Waals surface area contributed by atoms with E-state index in [0.29, 0.717) is 0 Å². The Morgan fingerprint density at radius 3 is 1.00 bits per heavy atom. The molecule has 0 bridgehead atoms. The molecule has 2 nitrogen and oxygen atoms in total. The highest BCUT2D eigenvalue weighted by molar-refractivity contribution is 7.22. The molecule has 0 aliphatic rings. The molecule has 8 aromatic carbocycles. The van der Waals surface area contributed by atoms with Gasteiger partial charge < -0.3 is 9.13 Å². The number of hydrogen-bond acceptors (Lipinski definition) is 2. The molecular formula is C50H30N2S2. The molecule has 0 aliphatic heterocycles. The maximum Gasteiger partial charge on any atom is 0.0541 e. The minimum Gasteiger partial charge on any atom is -0.309 e. The molecule has 54 heavy (non-hydrogen) atoms. The van der Waals surface area contributed by atoms with E-state index >= 15 is 0 Å². The van der Waals surface area contributed by atoms with Crippen LogP contribution in [0.25, 0.3) is 107 Å². The van der Waals surface area contributed by atoms with Crippen molar-refractivity contribution in [2.24, 2.45) is 0 Å². The molecule has 0 aliphatic carbocycles. The quantitative estimate of drug-likeness (QED) is 0.171.